The average Bonchev–Trinajstić information content (AvgIpc) is 3.20. The Morgan fingerprint density at radius 2 is 1.81 bits per heavy atom. The zero-order chi connectivity index (χ0) is 22.1. The molecular formula is C25H42N2O5. The highest BCUT2D eigenvalue weighted by molar-refractivity contribution is 5.80. The number of rotatable bonds is 6. The number of carbonyl (C=O) groups excluding carboxylic acids is 1. The second-order valence-corrected chi connectivity index (χ2v) is 11.2. The van der Waals surface area contributed by atoms with Crippen LogP contribution in [0.1, 0.15) is 64.2 Å². The van der Waals surface area contributed by atoms with Crippen LogP contribution in [0, 0.1) is 23.7 Å². The van der Waals surface area contributed by atoms with Crippen molar-refractivity contribution >= 4 is 5.91 Å². The third-order valence-corrected chi connectivity index (χ3v) is 8.89. The van der Waals surface area contributed by atoms with E-state index in [1.54, 1.807) is 0 Å². The summed E-state index contributed by atoms with van der Waals surface area (Å²) in [6.45, 7) is 3.81. The zero-order valence-electron chi connectivity index (χ0n) is 19.4. The van der Waals surface area contributed by atoms with Crippen molar-refractivity contribution in [3.05, 3.63) is 0 Å². The number of hydrogen-bond acceptors (Lipinski definition) is 6. The summed E-state index contributed by atoms with van der Waals surface area (Å²) < 4.78 is 11.6. The van der Waals surface area contributed by atoms with Crippen molar-refractivity contribution < 1.29 is 24.5 Å². The third kappa shape index (κ3) is 5.02. The van der Waals surface area contributed by atoms with Gasteiger partial charge >= 0.3 is 0 Å². The fourth-order valence-corrected chi connectivity index (χ4v) is 7.00. The minimum atomic E-state index is -0.828. The molecule has 5 aliphatic rings. The summed E-state index contributed by atoms with van der Waals surface area (Å²) in [5.74, 6) is 1.07. The summed E-state index contributed by atoms with van der Waals surface area (Å²) in [5, 5.41) is 24.9. The van der Waals surface area contributed by atoms with Gasteiger partial charge in [-0.1, -0.05) is 25.7 Å². The number of ether oxygens (including phenoxy) is 2. The summed E-state index contributed by atoms with van der Waals surface area (Å²) in [6.07, 6.45) is 8.67. The van der Waals surface area contributed by atoms with Crippen molar-refractivity contribution in [3.8, 4) is 0 Å². The predicted molar refractivity (Wildman–Crippen MR) is 120 cm³/mol. The standard InChI is InChI=1S/C25H42N2O5/c28-19-9-22(29)24(23(10-19)32-13-16-5-2-1-3-6-16)25(30)27-11-17-7-4-8-21(20(17)12-27)26-18-14-31-15-18/h16-24,26,28-29H,1-15H2. The molecule has 0 bridgehead atoms. The minimum absolute atomic E-state index is 0.0400. The lowest BCUT2D eigenvalue weighted by atomic mass is 9.78. The van der Waals surface area contributed by atoms with Gasteiger partial charge in [0.15, 0.2) is 0 Å². The summed E-state index contributed by atoms with van der Waals surface area (Å²) in [7, 11) is 0. The molecule has 7 atom stereocenters. The Morgan fingerprint density at radius 1 is 1.00 bits per heavy atom. The van der Waals surface area contributed by atoms with Crippen molar-refractivity contribution in [2.45, 2.75) is 94.6 Å². The molecule has 3 N–H and O–H groups in total. The largest absolute Gasteiger partial charge is 0.393 e. The van der Waals surface area contributed by atoms with Crippen LogP contribution in [-0.2, 0) is 14.3 Å². The number of aliphatic hydroxyl groups excluding tert-OH is 2. The molecule has 2 heterocycles. The Hall–Kier alpha value is -0.730. The second-order valence-electron chi connectivity index (χ2n) is 11.2. The Bertz CT molecular complexity index is 638. The highest BCUT2D eigenvalue weighted by Gasteiger charge is 2.48. The lowest BCUT2D eigenvalue weighted by Crippen LogP contribution is -2.55. The Kier molecular flexibility index (Phi) is 7.39. The molecule has 182 valence electrons. The Labute approximate surface area is 192 Å². The fourth-order valence-electron chi connectivity index (χ4n) is 7.00. The number of carbonyl (C=O) groups is 1. The molecule has 0 spiro atoms. The van der Waals surface area contributed by atoms with E-state index in [1.807, 2.05) is 4.90 Å². The van der Waals surface area contributed by atoms with Gasteiger partial charge in [0.2, 0.25) is 5.91 Å². The minimum Gasteiger partial charge on any atom is -0.393 e. The fraction of sp³-hybridized carbons (Fsp3) is 0.960. The quantitative estimate of drug-likeness (QED) is 0.571. The van der Waals surface area contributed by atoms with Crippen LogP contribution in [0.5, 0.6) is 0 Å². The van der Waals surface area contributed by atoms with Crippen LogP contribution < -0.4 is 5.32 Å². The van der Waals surface area contributed by atoms with Crippen molar-refractivity contribution in [1.82, 2.24) is 10.2 Å². The molecule has 5 rings (SSSR count). The third-order valence-electron chi connectivity index (χ3n) is 8.89. The molecule has 2 saturated heterocycles. The molecule has 7 unspecified atom stereocenters. The van der Waals surface area contributed by atoms with Crippen LogP contribution in [0.25, 0.3) is 0 Å². The molecule has 3 saturated carbocycles. The SMILES string of the molecule is O=C(C1C(O)CC(O)CC1OCC1CCCCC1)N1CC2CCCC(NC3COC3)C2C1. The van der Waals surface area contributed by atoms with Crippen LogP contribution >= 0.6 is 0 Å². The monoisotopic (exact) mass is 450 g/mol. The van der Waals surface area contributed by atoms with Gasteiger partial charge < -0.3 is 29.9 Å². The first-order valence-electron chi connectivity index (χ1n) is 13.2. The summed E-state index contributed by atoms with van der Waals surface area (Å²) in [5.41, 5.74) is 0. The van der Waals surface area contributed by atoms with E-state index in [0.29, 0.717) is 42.9 Å². The van der Waals surface area contributed by atoms with Gasteiger partial charge in [-0.25, -0.2) is 0 Å². The average molecular weight is 451 g/mol. The van der Waals surface area contributed by atoms with E-state index in [4.69, 9.17) is 9.47 Å². The molecular weight excluding hydrogens is 408 g/mol. The van der Waals surface area contributed by atoms with Gasteiger partial charge in [-0.15, -0.1) is 0 Å². The lowest BCUT2D eigenvalue weighted by molar-refractivity contribution is -0.158. The predicted octanol–water partition coefficient (Wildman–Crippen LogP) is 1.70. The first-order chi connectivity index (χ1) is 15.6. The number of hydrogen-bond donors (Lipinski definition) is 3. The van der Waals surface area contributed by atoms with Crippen molar-refractivity contribution in [2.75, 3.05) is 32.9 Å². The topological polar surface area (TPSA) is 91.3 Å². The van der Waals surface area contributed by atoms with E-state index in [0.717, 1.165) is 26.3 Å². The Morgan fingerprint density at radius 3 is 2.56 bits per heavy atom. The van der Waals surface area contributed by atoms with Gasteiger partial charge in [0.25, 0.3) is 0 Å². The number of fused-ring (bicyclic) bond motifs is 1. The molecule has 3 aliphatic carbocycles. The molecule has 0 aromatic heterocycles. The number of nitrogens with one attached hydrogen (secondary N) is 1. The van der Waals surface area contributed by atoms with Gasteiger partial charge in [-0.2, -0.15) is 0 Å². The van der Waals surface area contributed by atoms with Crippen LogP contribution in [0.15, 0.2) is 0 Å². The maximum atomic E-state index is 13.7. The number of likely N-dealkylation sites (tertiary alicyclic amines) is 1. The summed E-state index contributed by atoms with van der Waals surface area (Å²) in [6, 6.07) is 0.916. The van der Waals surface area contributed by atoms with E-state index in [-0.39, 0.29) is 18.4 Å². The maximum absolute atomic E-state index is 13.7. The highest BCUT2D eigenvalue weighted by Crippen LogP contribution is 2.39. The van der Waals surface area contributed by atoms with Gasteiger partial charge in [-0.05, 0) is 43.4 Å². The number of amides is 1. The highest BCUT2D eigenvalue weighted by atomic mass is 16.5. The molecule has 5 fully saturated rings. The van der Waals surface area contributed by atoms with Crippen LogP contribution in [0.3, 0.4) is 0 Å². The molecule has 7 nitrogen and oxygen atoms in total. The summed E-state index contributed by atoms with van der Waals surface area (Å²) in [4.78, 5) is 15.7. The number of aliphatic hydroxyl groups is 2. The molecule has 0 radical (unpaired) electrons. The van der Waals surface area contributed by atoms with Crippen molar-refractivity contribution in [2.24, 2.45) is 23.7 Å². The first-order valence-corrected chi connectivity index (χ1v) is 13.2. The van der Waals surface area contributed by atoms with E-state index >= 15 is 0 Å². The first kappa shape index (κ1) is 23.0. The molecule has 0 aromatic carbocycles. The molecule has 7 heteroatoms. The molecule has 0 aromatic rings. The van der Waals surface area contributed by atoms with E-state index in [2.05, 4.69) is 5.32 Å². The van der Waals surface area contributed by atoms with Gasteiger partial charge in [0.1, 0.15) is 0 Å². The lowest BCUT2D eigenvalue weighted by Gasteiger charge is -2.39. The normalized spacial score (nSPS) is 41.3. The van der Waals surface area contributed by atoms with Gasteiger partial charge in [0.05, 0.1) is 43.5 Å². The van der Waals surface area contributed by atoms with E-state index in [9.17, 15) is 15.0 Å². The van der Waals surface area contributed by atoms with Crippen LogP contribution in [0.2, 0.25) is 0 Å². The van der Waals surface area contributed by atoms with E-state index in [1.165, 1.54) is 51.4 Å². The second kappa shape index (κ2) is 10.3. The molecule has 32 heavy (non-hydrogen) atoms. The van der Waals surface area contributed by atoms with E-state index < -0.39 is 18.1 Å². The summed E-state index contributed by atoms with van der Waals surface area (Å²) >= 11 is 0. The number of nitrogens with zero attached hydrogens (tertiary/aromatic N) is 1. The zero-order valence-corrected chi connectivity index (χ0v) is 19.4. The van der Waals surface area contributed by atoms with Gasteiger partial charge in [0, 0.05) is 38.6 Å². The van der Waals surface area contributed by atoms with Crippen molar-refractivity contribution in [3.63, 3.8) is 0 Å². The van der Waals surface area contributed by atoms with Gasteiger partial charge in [-0.3, -0.25) is 4.79 Å². The Balaban J connectivity index is 1.22. The molecule has 1 amide bonds. The van der Waals surface area contributed by atoms with Crippen LogP contribution in [-0.4, -0.2) is 84.3 Å². The molecule has 2 aliphatic heterocycles. The maximum Gasteiger partial charge on any atom is 0.230 e. The smallest absolute Gasteiger partial charge is 0.230 e. The van der Waals surface area contributed by atoms with Crippen molar-refractivity contribution in [1.29, 1.82) is 0 Å². The van der Waals surface area contributed by atoms with Crippen LogP contribution in [0.4, 0.5) is 0 Å².